The van der Waals surface area contributed by atoms with Crippen LogP contribution in [0.4, 0.5) is 0 Å². The fourth-order valence-corrected chi connectivity index (χ4v) is 3.03. The Morgan fingerprint density at radius 2 is 1.77 bits per heavy atom. The Balaban J connectivity index is 1.69. The lowest BCUT2D eigenvalue weighted by Gasteiger charge is -2.12. The molecule has 0 amide bonds. The Labute approximate surface area is 160 Å². The molecule has 0 unspecified atom stereocenters. The van der Waals surface area contributed by atoms with Crippen molar-refractivity contribution in [1.29, 1.82) is 0 Å². The third-order valence-electron chi connectivity index (χ3n) is 4.41. The summed E-state index contributed by atoms with van der Waals surface area (Å²) in [5.74, 6) is -0.682. The number of hydrogen-bond acceptors (Lipinski definition) is 4. The maximum Gasteiger partial charge on any atom is 0.311 e. The van der Waals surface area contributed by atoms with E-state index in [-0.39, 0.29) is 12.2 Å². The monoisotopic (exact) mass is 414 g/mol. The number of fused-ring (bicyclic) bond motifs is 1. The van der Waals surface area contributed by atoms with Crippen molar-refractivity contribution in [2.45, 2.75) is 33.3 Å². The average molecular weight is 415 g/mol. The fraction of sp³-hybridized carbons (Fsp3) is 0.238. The van der Waals surface area contributed by atoms with Crippen LogP contribution >= 0.6 is 15.9 Å². The zero-order valence-electron chi connectivity index (χ0n) is 14.8. The number of ketones is 1. The molecule has 0 aliphatic heterocycles. The zero-order chi connectivity index (χ0) is 18.8. The molecule has 3 rings (SSSR count). The fourth-order valence-electron chi connectivity index (χ4n) is 2.77. The SMILES string of the molecule is Cc1cc2occ(CC(=O)O[C@@H](C)C(=O)c3ccc(Br)cc3)c2cc1C. The summed E-state index contributed by atoms with van der Waals surface area (Å²) >= 11 is 3.33. The van der Waals surface area contributed by atoms with Gasteiger partial charge in [0.25, 0.3) is 0 Å². The molecule has 3 aromatic rings. The molecule has 26 heavy (non-hydrogen) atoms. The largest absolute Gasteiger partial charge is 0.464 e. The third kappa shape index (κ3) is 3.88. The minimum atomic E-state index is -0.842. The number of Topliss-reactive ketones (excluding diaryl/α,β-unsaturated/α-hetero) is 1. The number of ether oxygens (including phenoxy) is 1. The molecule has 1 heterocycles. The van der Waals surface area contributed by atoms with Crippen molar-refractivity contribution in [1.82, 2.24) is 0 Å². The first-order valence-corrected chi connectivity index (χ1v) is 9.11. The van der Waals surface area contributed by atoms with Crippen molar-refractivity contribution < 1.29 is 18.7 Å². The van der Waals surface area contributed by atoms with Gasteiger partial charge in [-0.25, -0.2) is 0 Å². The molecule has 0 spiro atoms. The molecule has 0 saturated carbocycles. The third-order valence-corrected chi connectivity index (χ3v) is 4.94. The minimum absolute atomic E-state index is 0.0630. The van der Waals surface area contributed by atoms with Gasteiger partial charge in [0.05, 0.1) is 12.7 Å². The van der Waals surface area contributed by atoms with Crippen molar-refractivity contribution in [3.63, 3.8) is 0 Å². The smallest absolute Gasteiger partial charge is 0.311 e. The average Bonchev–Trinajstić information content (AvgIpc) is 2.97. The van der Waals surface area contributed by atoms with E-state index in [0.29, 0.717) is 5.56 Å². The Morgan fingerprint density at radius 3 is 2.46 bits per heavy atom. The lowest BCUT2D eigenvalue weighted by molar-refractivity contribution is -0.145. The number of rotatable bonds is 5. The molecule has 5 heteroatoms. The summed E-state index contributed by atoms with van der Waals surface area (Å²) in [7, 11) is 0. The highest BCUT2D eigenvalue weighted by molar-refractivity contribution is 9.10. The van der Waals surface area contributed by atoms with Gasteiger partial charge in [-0.3, -0.25) is 9.59 Å². The maximum atomic E-state index is 12.4. The topological polar surface area (TPSA) is 56.5 Å². The van der Waals surface area contributed by atoms with Gasteiger partial charge in [-0.05, 0) is 56.2 Å². The van der Waals surface area contributed by atoms with Gasteiger partial charge in [-0.15, -0.1) is 0 Å². The van der Waals surface area contributed by atoms with E-state index in [1.54, 1.807) is 37.5 Å². The van der Waals surface area contributed by atoms with Crippen molar-refractivity contribution in [3.8, 4) is 0 Å². The summed E-state index contributed by atoms with van der Waals surface area (Å²) < 4.78 is 11.8. The Bertz CT molecular complexity index is 970. The Hall–Kier alpha value is -2.40. The standard InChI is InChI=1S/C21H19BrO4/c1-12-8-18-16(11-25-19(18)9-13(12)2)10-20(23)26-14(3)21(24)15-4-6-17(22)7-5-15/h4-9,11,14H,10H2,1-3H3/t14-/m0/s1. The van der Waals surface area contributed by atoms with Crippen LogP contribution in [-0.2, 0) is 16.0 Å². The molecular formula is C21H19BrO4. The number of benzene rings is 2. The van der Waals surface area contributed by atoms with Gasteiger partial charge < -0.3 is 9.15 Å². The van der Waals surface area contributed by atoms with Crippen molar-refractivity contribution in [2.75, 3.05) is 0 Å². The van der Waals surface area contributed by atoms with Gasteiger partial charge in [-0.1, -0.05) is 28.1 Å². The van der Waals surface area contributed by atoms with Gasteiger partial charge in [0, 0.05) is 21.0 Å². The lowest BCUT2D eigenvalue weighted by Crippen LogP contribution is -2.25. The van der Waals surface area contributed by atoms with E-state index in [1.807, 2.05) is 26.0 Å². The number of halogens is 1. The van der Waals surface area contributed by atoms with Crippen LogP contribution in [0.5, 0.6) is 0 Å². The van der Waals surface area contributed by atoms with Gasteiger partial charge in [0.2, 0.25) is 5.78 Å². The van der Waals surface area contributed by atoms with Crippen LogP contribution < -0.4 is 0 Å². The maximum absolute atomic E-state index is 12.4. The predicted molar refractivity (Wildman–Crippen MR) is 103 cm³/mol. The van der Waals surface area contributed by atoms with Gasteiger partial charge >= 0.3 is 5.97 Å². The molecule has 0 N–H and O–H groups in total. The van der Waals surface area contributed by atoms with E-state index in [1.165, 1.54) is 0 Å². The number of carbonyl (C=O) groups is 2. The van der Waals surface area contributed by atoms with E-state index in [4.69, 9.17) is 9.15 Å². The second-order valence-electron chi connectivity index (χ2n) is 6.37. The number of aryl methyl sites for hydroxylation is 2. The van der Waals surface area contributed by atoms with E-state index in [2.05, 4.69) is 15.9 Å². The highest BCUT2D eigenvalue weighted by Gasteiger charge is 2.21. The van der Waals surface area contributed by atoms with Crippen molar-refractivity contribution in [3.05, 3.63) is 69.4 Å². The lowest BCUT2D eigenvalue weighted by atomic mass is 10.0. The highest BCUT2D eigenvalue weighted by Crippen LogP contribution is 2.25. The number of esters is 1. The van der Waals surface area contributed by atoms with Gasteiger partial charge in [0.1, 0.15) is 5.58 Å². The Kier molecular flexibility index (Phi) is 5.28. The van der Waals surface area contributed by atoms with Gasteiger partial charge in [0.15, 0.2) is 6.10 Å². The molecule has 1 aromatic heterocycles. The molecule has 0 radical (unpaired) electrons. The molecule has 2 aromatic carbocycles. The van der Waals surface area contributed by atoms with Crippen LogP contribution in [-0.4, -0.2) is 17.9 Å². The molecular weight excluding hydrogens is 396 g/mol. The molecule has 0 fully saturated rings. The number of furan rings is 1. The summed E-state index contributed by atoms with van der Waals surface area (Å²) in [6, 6.07) is 10.9. The second kappa shape index (κ2) is 7.46. The molecule has 0 saturated heterocycles. The minimum Gasteiger partial charge on any atom is -0.464 e. The first kappa shape index (κ1) is 18.4. The van der Waals surface area contributed by atoms with Crippen LogP contribution in [0, 0.1) is 13.8 Å². The molecule has 134 valence electrons. The summed E-state index contributed by atoms with van der Waals surface area (Å²) in [6.45, 7) is 5.62. The molecule has 0 aliphatic carbocycles. The molecule has 4 nitrogen and oxygen atoms in total. The summed E-state index contributed by atoms with van der Waals surface area (Å²) in [6.07, 6.45) is 0.797. The summed E-state index contributed by atoms with van der Waals surface area (Å²) in [4.78, 5) is 24.7. The second-order valence-corrected chi connectivity index (χ2v) is 7.29. The predicted octanol–water partition coefficient (Wildman–Crippen LogP) is 5.17. The quantitative estimate of drug-likeness (QED) is 0.426. The van der Waals surface area contributed by atoms with E-state index >= 15 is 0 Å². The Morgan fingerprint density at radius 1 is 1.12 bits per heavy atom. The highest BCUT2D eigenvalue weighted by atomic mass is 79.9. The number of hydrogen-bond donors (Lipinski definition) is 0. The first-order chi connectivity index (χ1) is 12.3. The van der Waals surface area contributed by atoms with Crippen LogP contribution in [0.2, 0.25) is 0 Å². The van der Waals surface area contributed by atoms with E-state index < -0.39 is 12.1 Å². The molecule has 0 bridgehead atoms. The van der Waals surface area contributed by atoms with Crippen LogP contribution in [0.25, 0.3) is 11.0 Å². The summed E-state index contributed by atoms with van der Waals surface area (Å²) in [5, 5.41) is 0.900. The zero-order valence-corrected chi connectivity index (χ0v) is 16.4. The normalized spacial score (nSPS) is 12.2. The van der Waals surface area contributed by atoms with E-state index in [9.17, 15) is 9.59 Å². The van der Waals surface area contributed by atoms with Crippen LogP contribution in [0.15, 0.2) is 51.6 Å². The number of carbonyl (C=O) groups excluding carboxylic acids is 2. The van der Waals surface area contributed by atoms with Crippen LogP contribution in [0.3, 0.4) is 0 Å². The first-order valence-electron chi connectivity index (χ1n) is 8.31. The van der Waals surface area contributed by atoms with Crippen LogP contribution in [0.1, 0.15) is 34.0 Å². The van der Waals surface area contributed by atoms with E-state index in [0.717, 1.165) is 32.1 Å². The van der Waals surface area contributed by atoms with Gasteiger partial charge in [-0.2, -0.15) is 0 Å². The molecule has 1 atom stereocenters. The van der Waals surface area contributed by atoms with Crippen molar-refractivity contribution >= 4 is 38.7 Å². The summed E-state index contributed by atoms with van der Waals surface area (Å²) in [5.41, 5.74) is 4.28. The molecule has 0 aliphatic rings. The van der Waals surface area contributed by atoms with Crippen molar-refractivity contribution in [2.24, 2.45) is 0 Å².